The van der Waals surface area contributed by atoms with Gasteiger partial charge in [0.2, 0.25) is 10.0 Å². The van der Waals surface area contributed by atoms with E-state index in [-0.39, 0.29) is 11.6 Å². The Bertz CT molecular complexity index is 662. The molecule has 2 heterocycles. The van der Waals surface area contributed by atoms with Gasteiger partial charge >= 0.3 is 6.03 Å². The van der Waals surface area contributed by atoms with E-state index in [9.17, 15) is 13.2 Å². The van der Waals surface area contributed by atoms with Crippen LogP contribution in [-0.2, 0) is 15.6 Å². The minimum Gasteiger partial charge on any atom is -0.323 e. The van der Waals surface area contributed by atoms with E-state index in [2.05, 4.69) is 10.4 Å². The number of nitrogens with zero attached hydrogens (tertiary/aromatic N) is 4. The molecule has 0 aliphatic carbocycles. The Balaban J connectivity index is 1.97. The summed E-state index contributed by atoms with van der Waals surface area (Å²) in [6.45, 7) is 7.77. The smallest absolute Gasteiger partial charge is 0.321 e. The highest BCUT2D eigenvalue weighted by atomic mass is 32.2. The van der Waals surface area contributed by atoms with Crippen LogP contribution in [0.4, 0.5) is 10.5 Å². The summed E-state index contributed by atoms with van der Waals surface area (Å²) in [5, 5.41) is 7.07. The van der Waals surface area contributed by atoms with E-state index in [4.69, 9.17) is 0 Å². The van der Waals surface area contributed by atoms with Crippen molar-refractivity contribution in [2.45, 2.75) is 32.7 Å². The summed E-state index contributed by atoms with van der Waals surface area (Å²) in [5.41, 5.74) is 0.482. The van der Waals surface area contributed by atoms with E-state index in [0.29, 0.717) is 38.3 Å². The zero-order chi connectivity index (χ0) is 17.3. The predicted molar refractivity (Wildman–Crippen MR) is 88.8 cm³/mol. The maximum Gasteiger partial charge on any atom is 0.321 e. The van der Waals surface area contributed by atoms with Gasteiger partial charge in [0.1, 0.15) is 0 Å². The molecule has 1 fully saturated rings. The second kappa shape index (κ2) is 6.48. The Kier molecular flexibility index (Phi) is 5.00. The zero-order valence-corrected chi connectivity index (χ0v) is 14.9. The lowest BCUT2D eigenvalue weighted by Gasteiger charge is -2.21. The lowest BCUT2D eigenvalue weighted by Crippen LogP contribution is -2.39. The number of nitrogens with one attached hydrogen (secondary N) is 1. The van der Waals surface area contributed by atoms with Gasteiger partial charge in [0.05, 0.1) is 23.7 Å². The van der Waals surface area contributed by atoms with Gasteiger partial charge in [0.25, 0.3) is 0 Å². The van der Waals surface area contributed by atoms with Crippen molar-refractivity contribution in [1.29, 1.82) is 0 Å². The van der Waals surface area contributed by atoms with Crippen molar-refractivity contribution in [3.8, 4) is 0 Å². The highest BCUT2D eigenvalue weighted by Crippen LogP contribution is 2.16. The Morgan fingerprint density at radius 1 is 1.22 bits per heavy atom. The van der Waals surface area contributed by atoms with Crippen molar-refractivity contribution in [2.24, 2.45) is 0 Å². The lowest BCUT2D eigenvalue weighted by atomic mass is 10.1. The lowest BCUT2D eigenvalue weighted by molar-refractivity contribution is 0.214. The van der Waals surface area contributed by atoms with E-state index in [0.717, 1.165) is 0 Å². The quantitative estimate of drug-likeness (QED) is 0.872. The van der Waals surface area contributed by atoms with Gasteiger partial charge < -0.3 is 10.2 Å². The summed E-state index contributed by atoms with van der Waals surface area (Å²) in [7, 11) is -3.21. The van der Waals surface area contributed by atoms with Gasteiger partial charge in [0, 0.05) is 32.4 Å². The zero-order valence-electron chi connectivity index (χ0n) is 14.1. The minimum atomic E-state index is -3.21. The molecule has 0 atom stereocenters. The van der Waals surface area contributed by atoms with Crippen LogP contribution in [0.25, 0.3) is 0 Å². The number of sulfonamides is 1. The molecule has 1 aromatic heterocycles. The van der Waals surface area contributed by atoms with Gasteiger partial charge in [0.15, 0.2) is 0 Å². The van der Waals surface area contributed by atoms with Crippen LogP contribution in [0, 0.1) is 0 Å². The van der Waals surface area contributed by atoms with Gasteiger partial charge in [-0.3, -0.25) is 4.68 Å². The molecule has 1 aliphatic rings. The monoisotopic (exact) mass is 343 g/mol. The highest BCUT2D eigenvalue weighted by molar-refractivity contribution is 7.88. The SMILES string of the molecule is CC(C)(C)n1cc(NC(=O)N2CCCN(S(C)(=O)=O)CC2)cn1. The number of urea groups is 1. The molecule has 0 saturated carbocycles. The maximum absolute atomic E-state index is 12.3. The molecule has 9 heteroatoms. The van der Waals surface area contributed by atoms with Crippen LogP contribution < -0.4 is 5.32 Å². The van der Waals surface area contributed by atoms with E-state index in [1.165, 1.54) is 10.6 Å². The summed E-state index contributed by atoms with van der Waals surface area (Å²) >= 11 is 0. The number of carbonyl (C=O) groups excluding carboxylic acids is 1. The van der Waals surface area contributed by atoms with Crippen LogP contribution in [0.3, 0.4) is 0 Å². The summed E-state index contributed by atoms with van der Waals surface area (Å²) in [6.07, 6.45) is 5.23. The number of anilines is 1. The van der Waals surface area contributed by atoms with Crippen molar-refractivity contribution in [2.75, 3.05) is 37.8 Å². The molecule has 0 spiro atoms. The molecule has 1 saturated heterocycles. The Labute approximate surface area is 137 Å². The molecular weight excluding hydrogens is 318 g/mol. The number of hydrogen-bond donors (Lipinski definition) is 1. The predicted octanol–water partition coefficient (Wildman–Crippen LogP) is 1.14. The van der Waals surface area contributed by atoms with E-state index < -0.39 is 10.0 Å². The molecule has 0 unspecified atom stereocenters. The van der Waals surface area contributed by atoms with Crippen LogP contribution in [0.1, 0.15) is 27.2 Å². The fourth-order valence-corrected chi connectivity index (χ4v) is 3.26. The first-order chi connectivity index (χ1) is 10.6. The van der Waals surface area contributed by atoms with Gasteiger partial charge in [-0.25, -0.2) is 17.5 Å². The van der Waals surface area contributed by atoms with Crippen molar-refractivity contribution >= 4 is 21.7 Å². The number of amides is 2. The summed E-state index contributed by atoms with van der Waals surface area (Å²) in [5.74, 6) is 0. The third-order valence-electron chi connectivity index (χ3n) is 3.73. The summed E-state index contributed by atoms with van der Waals surface area (Å²) in [4.78, 5) is 14.0. The summed E-state index contributed by atoms with van der Waals surface area (Å²) < 4.78 is 26.4. The molecule has 130 valence electrons. The molecule has 1 aliphatic heterocycles. The molecule has 23 heavy (non-hydrogen) atoms. The Morgan fingerprint density at radius 3 is 2.48 bits per heavy atom. The van der Waals surface area contributed by atoms with Gasteiger partial charge in [-0.1, -0.05) is 0 Å². The molecule has 1 aromatic rings. The molecule has 2 rings (SSSR count). The highest BCUT2D eigenvalue weighted by Gasteiger charge is 2.24. The molecule has 0 bridgehead atoms. The fourth-order valence-electron chi connectivity index (χ4n) is 2.39. The standard InChI is InChI=1S/C14H25N5O3S/c1-14(2,3)19-11-12(10-15-19)16-13(20)17-6-5-7-18(9-8-17)23(4,21)22/h10-11H,5-9H2,1-4H3,(H,16,20). The Hall–Kier alpha value is -1.61. The van der Waals surface area contributed by atoms with Crippen LogP contribution in [0.2, 0.25) is 0 Å². The van der Waals surface area contributed by atoms with Crippen LogP contribution in [0.15, 0.2) is 12.4 Å². The number of aromatic nitrogens is 2. The molecule has 8 nitrogen and oxygen atoms in total. The van der Waals surface area contributed by atoms with E-state index in [1.807, 2.05) is 20.8 Å². The van der Waals surface area contributed by atoms with E-state index >= 15 is 0 Å². The molecule has 0 radical (unpaired) electrons. The third kappa shape index (κ3) is 4.68. The number of carbonyl (C=O) groups is 1. The first kappa shape index (κ1) is 17.7. The first-order valence-electron chi connectivity index (χ1n) is 7.63. The van der Waals surface area contributed by atoms with Gasteiger partial charge in [-0.15, -0.1) is 0 Å². The average molecular weight is 343 g/mol. The molecular formula is C14H25N5O3S. The first-order valence-corrected chi connectivity index (χ1v) is 9.48. The van der Waals surface area contributed by atoms with Crippen molar-refractivity contribution in [3.63, 3.8) is 0 Å². The van der Waals surface area contributed by atoms with Crippen LogP contribution >= 0.6 is 0 Å². The normalized spacial score (nSPS) is 17.8. The largest absolute Gasteiger partial charge is 0.323 e. The maximum atomic E-state index is 12.3. The van der Waals surface area contributed by atoms with Crippen LogP contribution in [-0.4, -0.2) is 65.9 Å². The topological polar surface area (TPSA) is 87.5 Å². The third-order valence-corrected chi connectivity index (χ3v) is 5.04. The number of hydrogen-bond acceptors (Lipinski definition) is 4. The molecule has 2 amide bonds. The fraction of sp³-hybridized carbons (Fsp3) is 0.714. The molecule has 0 aromatic carbocycles. The summed E-state index contributed by atoms with van der Waals surface area (Å²) in [6, 6.07) is -0.228. The second-order valence-corrected chi connectivity index (χ2v) is 8.76. The van der Waals surface area contributed by atoms with E-state index in [1.54, 1.807) is 22.0 Å². The van der Waals surface area contributed by atoms with Crippen LogP contribution in [0.5, 0.6) is 0 Å². The van der Waals surface area contributed by atoms with Crippen molar-refractivity contribution in [3.05, 3.63) is 12.4 Å². The minimum absolute atomic E-state index is 0.151. The molecule has 1 N–H and O–H groups in total. The van der Waals surface area contributed by atoms with Gasteiger partial charge in [-0.05, 0) is 27.2 Å². The Morgan fingerprint density at radius 2 is 1.91 bits per heavy atom. The van der Waals surface area contributed by atoms with Gasteiger partial charge in [-0.2, -0.15) is 5.10 Å². The average Bonchev–Trinajstić information content (AvgIpc) is 2.72. The van der Waals surface area contributed by atoms with Crippen molar-refractivity contribution in [1.82, 2.24) is 19.0 Å². The number of rotatable bonds is 2. The van der Waals surface area contributed by atoms with Crippen molar-refractivity contribution < 1.29 is 13.2 Å². The second-order valence-electron chi connectivity index (χ2n) is 6.78.